The summed E-state index contributed by atoms with van der Waals surface area (Å²) >= 11 is 2.94. The Hall–Kier alpha value is -2.12. The zero-order valence-electron chi connectivity index (χ0n) is 11.2. The normalized spacial score (nSPS) is 10.8. The number of furan rings is 1. The van der Waals surface area contributed by atoms with E-state index in [1.54, 1.807) is 18.2 Å². The molecule has 2 aromatic heterocycles. The first-order valence-electron chi connectivity index (χ1n) is 6.28. The number of carboxylic acid groups (broad SMARTS) is 1. The molecule has 7 heteroatoms. The number of nitrogens with zero attached hydrogens (tertiary/aromatic N) is 1. The van der Waals surface area contributed by atoms with E-state index < -0.39 is 5.97 Å². The quantitative estimate of drug-likeness (QED) is 0.694. The molecule has 0 saturated heterocycles. The van der Waals surface area contributed by atoms with Crippen molar-refractivity contribution >= 4 is 29.1 Å². The molecule has 4 nitrogen and oxygen atoms in total. The van der Waals surface area contributed by atoms with E-state index in [-0.39, 0.29) is 11.6 Å². The number of aromatic carboxylic acids is 1. The number of carbonyl (C=O) groups is 1. The minimum absolute atomic E-state index is 0.0678. The number of carboxylic acids is 1. The third-order valence-corrected chi connectivity index (χ3v) is 4.88. The van der Waals surface area contributed by atoms with Gasteiger partial charge in [0.05, 0.1) is 11.4 Å². The summed E-state index contributed by atoms with van der Waals surface area (Å²) in [4.78, 5) is 15.2. The van der Waals surface area contributed by atoms with Crippen LogP contribution >= 0.6 is 23.1 Å². The zero-order chi connectivity index (χ0) is 15.5. The number of hydrogen-bond donors (Lipinski definition) is 1. The van der Waals surface area contributed by atoms with Crippen molar-refractivity contribution < 1.29 is 18.7 Å². The highest BCUT2D eigenvalue weighted by molar-refractivity contribution is 8.00. The molecule has 0 aliphatic heterocycles. The van der Waals surface area contributed by atoms with E-state index >= 15 is 0 Å². The first-order valence-corrected chi connectivity index (χ1v) is 8.14. The highest BCUT2D eigenvalue weighted by Crippen LogP contribution is 2.30. The van der Waals surface area contributed by atoms with Crippen LogP contribution in [-0.4, -0.2) is 16.1 Å². The Morgan fingerprint density at radius 3 is 2.73 bits per heavy atom. The Kier molecular flexibility index (Phi) is 4.26. The average Bonchev–Trinajstić information content (AvgIpc) is 3.15. The summed E-state index contributed by atoms with van der Waals surface area (Å²) in [5.41, 5.74) is 1.65. The van der Waals surface area contributed by atoms with Gasteiger partial charge >= 0.3 is 5.97 Å². The van der Waals surface area contributed by atoms with Crippen LogP contribution in [0.2, 0.25) is 0 Å². The van der Waals surface area contributed by atoms with Gasteiger partial charge in [-0.2, -0.15) is 0 Å². The van der Waals surface area contributed by atoms with Gasteiger partial charge in [0.25, 0.3) is 0 Å². The van der Waals surface area contributed by atoms with Crippen molar-refractivity contribution in [2.24, 2.45) is 0 Å². The summed E-state index contributed by atoms with van der Waals surface area (Å²) in [6.45, 7) is 0. The fourth-order valence-electron chi connectivity index (χ4n) is 1.78. The van der Waals surface area contributed by atoms with E-state index in [4.69, 9.17) is 9.52 Å². The van der Waals surface area contributed by atoms with Crippen LogP contribution < -0.4 is 0 Å². The lowest BCUT2D eigenvalue weighted by Gasteiger charge is -1.96. The molecule has 0 fully saturated rings. The van der Waals surface area contributed by atoms with Gasteiger partial charge < -0.3 is 9.52 Å². The van der Waals surface area contributed by atoms with Crippen LogP contribution in [0, 0.1) is 5.82 Å². The van der Waals surface area contributed by atoms with Crippen LogP contribution in [0.3, 0.4) is 0 Å². The molecule has 0 aliphatic carbocycles. The van der Waals surface area contributed by atoms with Crippen LogP contribution in [0.4, 0.5) is 4.39 Å². The molecule has 112 valence electrons. The van der Waals surface area contributed by atoms with E-state index in [9.17, 15) is 9.18 Å². The summed E-state index contributed by atoms with van der Waals surface area (Å²) < 4.78 is 18.9. The molecule has 0 aliphatic rings. The molecule has 1 N–H and O–H groups in total. The minimum atomic E-state index is -1.08. The number of rotatable bonds is 5. The number of benzene rings is 1. The lowest BCUT2D eigenvalue weighted by Crippen LogP contribution is -1.91. The number of thiazole rings is 1. The van der Waals surface area contributed by atoms with Crippen LogP contribution in [-0.2, 0) is 5.75 Å². The number of halogens is 1. The fraction of sp³-hybridized carbons (Fsp3) is 0.0667. The summed E-state index contributed by atoms with van der Waals surface area (Å²) in [5, 5.41) is 10.7. The van der Waals surface area contributed by atoms with Gasteiger partial charge in [-0.05, 0) is 36.4 Å². The van der Waals surface area contributed by atoms with Gasteiger partial charge in [0, 0.05) is 10.9 Å². The zero-order valence-corrected chi connectivity index (χ0v) is 12.8. The molecule has 0 bridgehead atoms. The number of thioether (sulfide) groups is 1. The van der Waals surface area contributed by atoms with Crippen LogP contribution in [0.25, 0.3) is 11.3 Å². The maximum absolute atomic E-state index is 12.9. The first kappa shape index (κ1) is 14.8. The Morgan fingerprint density at radius 1 is 1.27 bits per heavy atom. The van der Waals surface area contributed by atoms with Gasteiger partial charge in [0.15, 0.2) is 4.34 Å². The van der Waals surface area contributed by atoms with Crippen molar-refractivity contribution in [1.29, 1.82) is 0 Å². The molecule has 3 aromatic rings. The molecule has 1 aromatic carbocycles. The molecule has 0 saturated carbocycles. The van der Waals surface area contributed by atoms with Crippen molar-refractivity contribution in [3.63, 3.8) is 0 Å². The van der Waals surface area contributed by atoms with Gasteiger partial charge in [-0.3, -0.25) is 0 Å². The molecule has 0 atom stereocenters. The molecule has 3 rings (SSSR count). The molecule has 0 unspecified atom stereocenters. The van der Waals surface area contributed by atoms with Crippen molar-refractivity contribution in [2.75, 3.05) is 0 Å². The van der Waals surface area contributed by atoms with Gasteiger partial charge in [-0.15, -0.1) is 11.3 Å². The largest absolute Gasteiger partial charge is 0.475 e. The van der Waals surface area contributed by atoms with Crippen LogP contribution in [0.5, 0.6) is 0 Å². The van der Waals surface area contributed by atoms with E-state index in [1.807, 2.05) is 5.38 Å². The Bertz CT molecular complexity index is 795. The Balaban J connectivity index is 1.66. The third-order valence-electron chi connectivity index (χ3n) is 2.83. The molecule has 0 radical (unpaired) electrons. The third kappa shape index (κ3) is 3.37. The van der Waals surface area contributed by atoms with Crippen LogP contribution in [0.1, 0.15) is 16.3 Å². The number of aromatic nitrogens is 1. The predicted molar refractivity (Wildman–Crippen MR) is 82.7 cm³/mol. The monoisotopic (exact) mass is 335 g/mol. The van der Waals surface area contributed by atoms with Gasteiger partial charge in [-0.1, -0.05) is 11.8 Å². The molecule has 0 amide bonds. The summed E-state index contributed by atoms with van der Waals surface area (Å²) in [6, 6.07) is 9.25. The van der Waals surface area contributed by atoms with E-state index in [0.29, 0.717) is 11.5 Å². The average molecular weight is 335 g/mol. The highest BCUT2D eigenvalue weighted by atomic mass is 32.2. The molecule has 22 heavy (non-hydrogen) atoms. The van der Waals surface area contributed by atoms with Gasteiger partial charge in [0.1, 0.15) is 11.6 Å². The molecular formula is C15H10FNO3S2. The van der Waals surface area contributed by atoms with E-state index in [1.165, 1.54) is 41.3 Å². The van der Waals surface area contributed by atoms with Gasteiger partial charge in [0.2, 0.25) is 5.76 Å². The van der Waals surface area contributed by atoms with Crippen molar-refractivity contribution in [3.05, 3.63) is 59.1 Å². The topological polar surface area (TPSA) is 63.3 Å². The minimum Gasteiger partial charge on any atom is -0.475 e. The second-order valence-electron chi connectivity index (χ2n) is 4.37. The summed E-state index contributed by atoms with van der Waals surface area (Å²) in [7, 11) is 0. The smallest absolute Gasteiger partial charge is 0.371 e. The maximum atomic E-state index is 12.9. The number of hydrogen-bond acceptors (Lipinski definition) is 5. The maximum Gasteiger partial charge on any atom is 0.371 e. The van der Waals surface area contributed by atoms with E-state index in [0.717, 1.165) is 15.6 Å². The standard InChI is InChI=1S/C15H10FNO3S2/c16-10-3-1-9(2-4-10)12-8-22-15(17-12)21-7-11-5-6-13(20-11)14(18)19/h1-6,8H,7H2,(H,18,19). The summed E-state index contributed by atoms with van der Waals surface area (Å²) in [6.07, 6.45) is 0. The first-order chi connectivity index (χ1) is 10.6. The van der Waals surface area contributed by atoms with E-state index in [2.05, 4.69) is 4.98 Å². The Morgan fingerprint density at radius 2 is 2.05 bits per heavy atom. The van der Waals surface area contributed by atoms with Crippen molar-refractivity contribution in [2.45, 2.75) is 10.1 Å². The molecule has 2 heterocycles. The second kappa shape index (κ2) is 6.33. The SMILES string of the molecule is O=C(O)c1ccc(CSc2nc(-c3ccc(F)cc3)cs2)o1. The predicted octanol–water partition coefficient (Wildman–Crippen LogP) is 4.53. The second-order valence-corrected chi connectivity index (χ2v) is 6.45. The van der Waals surface area contributed by atoms with Crippen molar-refractivity contribution in [3.8, 4) is 11.3 Å². The summed E-state index contributed by atoms with van der Waals surface area (Å²) in [5.74, 6) is -0.337. The fourth-order valence-corrected chi connectivity index (χ4v) is 3.51. The van der Waals surface area contributed by atoms with Crippen molar-refractivity contribution in [1.82, 2.24) is 4.98 Å². The molecular weight excluding hydrogens is 325 g/mol. The van der Waals surface area contributed by atoms with Gasteiger partial charge in [-0.25, -0.2) is 14.2 Å². The highest BCUT2D eigenvalue weighted by Gasteiger charge is 2.10. The van der Waals surface area contributed by atoms with Crippen LogP contribution in [0.15, 0.2) is 50.5 Å². The lowest BCUT2D eigenvalue weighted by molar-refractivity contribution is 0.0661. The molecule has 0 spiro atoms. The lowest BCUT2D eigenvalue weighted by atomic mass is 10.2. The Labute approximate surface area is 133 Å².